The second kappa shape index (κ2) is 6.69. The first-order chi connectivity index (χ1) is 8.51. The van der Waals surface area contributed by atoms with E-state index < -0.39 is 0 Å². The Morgan fingerprint density at radius 3 is 2.61 bits per heavy atom. The Hall–Kier alpha value is -1.16. The van der Waals surface area contributed by atoms with Crippen LogP contribution < -0.4 is 9.64 Å². The van der Waals surface area contributed by atoms with E-state index in [2.05, 4.69) is 26.5 Å². The van der Waals surface area contributed by atoms with Gasteiger partial charge in [-0.15, -0.1) is 0 Å². The van der Waals surface area contributed by atoms with Gasteiger partial charge >= 0.3 is 0 Å². The summed E-state index contributed by atoms with van der Waals surface area (Å²) in [4.78, 5) is 13.5. The molecule has 0 aliphatic heterocycles. The van der Waals surface area contributed by atoms with Crippen molar-refractivity contribution < 1.29 is 9.53 Å². The van der Waals surface area contributed by atoms with E-state index >= 15 is 0 Å². The third kappa shape index (κ3) is 3.42. The molecule has 0 heterocycles. The number of ether oxygens (including phenoxy) is 1. The van der Waals surface area contributed by atoms with Crippen molar-refractivity contribution in [2.75, 3.05) is 24.8 Å². The van der Waals surface area contributed by atoms with E-state index in [1.807, 2.05) is 18.2 Å². The monoisotopic (exact) mass is 267 g/mol. The number of rotatable bonds is 5. The van der Waals surface area contributed by atoms with Gasteiger partial charge in [0.05, 0.1) is 12.8 Å². The second-order valence-corrected chi connectivity index (χ2v) is 4.96. The van der Waals surface area contributed by atoms with Crippen LogP contribution in [0.25, 0.3) is 0 Å². The number of thiol groups is 1. The Morgan fingerprint density at radius 1 is 1.44 bits per heavy atom. The summed E-state index contributed by atoms with van der Waals surface area (Å²) in [5.74, 6) is 1.76. The number of hydrogen-bond donors (Lipinski definition) is 1. The summed E-state index contributed by atoms with van der Waals surface area (Å²) < 4.78 is 5.37. The van der Waals surface area contributed by atoms with E-state index in [9.17, 15) is 4.79 Å². The van der Waals surface area contributed by atoms with Gasteiger partial charge < -0.3 is 9.64 Å². The molecule has 0 unspecified atom stereocenters. The molecule has 0 aromatic heterocycles. The number of carbonyl (C=O) groups excluding carboxylic acids is 1. The van der Waals surface area contributed by atoms with Crippen LogP contribution in [0.5, 0.6) is 5.75 Å². The van der Waals surface area contributed by atoms with Crippen LogP contribution in [0.15, 0.2) is 18.2 Å². The summed E-state index contributed by atoms with van der Waals surface area (Å²) in [6.45, 7) is 4.26. The number of carbonyl (C=O) groups is 1. The lowest BCUT2D eigenvalue weighted by Gasteiger charge is -2.21. The molecule has 0 aliphatic carbocycles. The summed E-state index contributed by atoms with van der Waals surface area (Å²) in [6.07, 6.45) is 0.425. The van der Waals surface area contributed by atoms with Crippen LogP contribution in [-0.2, 0) is 4.79 Å². The number of methoxy groups -OCH3 is 1. The van der Waals surface area contributed by atoms with Crippen LogP contribution in [-0.4, -0.2) is 25.8 Å². The molecule has 0 fully saturated rings. The molecule has 3 nitrogen and oxygen atoms in total. The lowest BCUT2D eigenvalue weighted by Crippen LogP contribution is -2.26. The maximum Gasteiger partial charge on any atom is 0.227 e. The molecule has 0 saturated carbocycles. The normalized spacial score (nSPS) is 10.6. The zero-order valence-electron chi connectivity index (χ0n) is 11.4. The summed E-state index contributed by atoms with van der Waals surface area (Å²) in [5.41, 5.74) is 2.00. The van der Waals surface area contributed by atoms with Gasteiger partial charge in [0.2, 0.25) is 5.91 Å². The Labute approximate surface area is 115 Å². The minimum absolute atomic E-state index is 0.0422. The molecule has 0 aliphatic rings. The van der Waals surface area contributed by atoms with Gasteiger partial charge in [-0.3, -0.25) is 4.79 Å². The van der Waals surface area contributed by atoms with Crippen molar-refractivity contribution in [3.05, 3.63) is 23.8 Å². The van der Waals surface area contributed by atoms with Crippen LogP contribution >= 0.6 is 12.6 Å². The number of hydrogen-bond acceptors (Lipinski definition) is 3. The van der Waals surface area contributed by atoms with Gasteiger partial charge in [0.15, 0.2) is 0 Å². The highest BCUT2D eigenvalue weighted by Gasteiger charge is 2.15. The summed E-state index contributed by atoms with van der Waals surface area (Å²) in [6, 6.07) is 5.96. The molecule has 0 atom stereocenters. The smallest absolute Gasteiger partial charge is 0.227 e. The fourth-order valence-electron chi connectivity index (χ4n) is 1.73. The van der Waals surface area contributed by atoms with Crippen LogP contribution in [0.3, 0.4) is 0 Å². The quantitative estimate of drug-likeness (QED) is 0.831. The molecule has 1 rings (SSSR count). The van der Waals surface area contributed by atoms with E-state index in [-0.39, 0.29) is 5.91 Å². The molecule has 4 heteroatoms. The SMILES string of the molecule is COc1cc(C(C)C)ccc1N(C)C(=O)CCS. The van der Waals surface area contributed by atoms with Crippen LogP contribution in [0.1, 0.15) is 31.7 Å². The predicted molar refractivity (Wildman–Crippen MR) is 79.0 cm³/mol. The van der Waals surface area contributed by atoms with Crippen molar-refractivity contribution in [3.8, 4) is 5.75 Å². The molecule has 0 saturated heterocycles. The molecule has 0 N–H and O–H groups in total. The molecular weight excluding hydrogens is 246 g/mol. The molecule has 100 valence electrons. The average molecular weight is 267 g/mol. The number of nitrogens with zero attached hydrogens (tertiary/aromatic N) is 1. The topological polar surface area (TPSA) is 29.5 Å². The first-order valence-corrected chi connectivity index (χ1v) is 6.69. The molecular formula is C14H21NO2S. The van der Waals surface area contributed by atoms with E-state index in [0.29, 0.717) is 18.1 Å². The fraction of sp³-hybridized carbons (Fsp3) is 0.500. The van der Waals surface area contributed by atoms with Gasteiger partial charge in [-0.05, 0) is 29.4 Å². The van der Waals surface area contributed by atoms with Crippen LogP contribution in [0, 0.1) is 0 Å². The van der Waals surface area contributed by atoms with Crippen molar-refractivity contribution in [1.29, 1.82) is 0 Å². The van der Waals surface area contributed by atoms with E-state index in [4.69, 9.17) is 4.74 Å². The molecule has 1 aromatic rings. The molecule has 18 heavy (non-hydrogen) atoms. The highest BCUT2D eigenvalue weighted by molar-refractivity contribution is 7.80. The lowest BCUT2D eigenvalue weighted by molar-refractivity contribution is -0.117. The van der Waals surface area contributed by atoms with Crippen LogP contribution in [0.2, 0.25) is 0 Å². The second-order valence-electron chi connectivity index (χ2n) is 4.51. The summed E-state index contributed by atoms with van der Waals surface area (Å²) in [5, 5.41) is 0. The van der Waals surface area contributed by atoms with Crippen LogP contribution in [0.4, 0.5) is 5.69 Å². The van der Waals surface area contributed by atoms with Crippen molar-refractivity contribution in [2.24, 2.45) is 0 Å². The Bertz CT molecular complexity index is 418. The maximum absolute atomic E-state index is 11.9. The molecule has 0 radical (unpaired) electrons. The van der Waals surface area contributed by atoms with Gasteiger partial charge in [0.25, 0.3) is 0 Å². The van der Waals surface area contributed by atoms with Gasteiger partial charge in [0, 0.05) is 13.5 Å². The summed E-state index contributed by atoms with van der Waals surface area (Å²) in [7, 11) is 3.39. The first kappa shape index (κ1) is 14.9. The van der Waals surface area contributed by atoms with Gasteiger partial charge in [0.1, 0.15) is 5.75 Å². The minimum Gasteiger partial charge on any atom is -0.495 e. The average Bonchev–Trinajstić information content (AvgIpc) is 2.37. The van der Waals surface area contributed by atoms with E-state index in [1.54, 1.807) is 19.1 Å². The highest BCUT2D eigenvalue weighted by Crippen LogP contribution is 2.31. The summed E-state index contributed by atoms with van der Waals surface area (Å²) >= 11 is 4.08. The van der Waals surface area contributed by atoms with Crippen molar-refractivity contribution in [2.45, 2.75) is 26.2 Å². The van der Waals surface area contributed by atoms with Crippen molar-refractivity contribution >= 4 is 24.2 Å². The standard InChI is InChI=1S/C14H21NO2S/c1-10(2)11-5-6-12(13(9-11)17-4)15(3)14(16)7-8-18/h5-6,9-10,18H,7-8H2,1-4H3. The number of amides is 1. The van der Waals surface area contributed by atoms with E-state index in [0.717, 1.165) is 11.4 Å². The van der Waals surface area contributed by atoms with Crippen molar-refractivity contribution in [1.82, 2.24) is 0 Å². The fourth-order valence-corrected chi connectivity index (χ4v) is 1.92. The molecule has 1 aromatic carbocycles. The van der Waals surface area contributed by atoms with Gasteiger partial charge in [-0.1, -0.05) is 19.9 Å². The van der Waals surface area contributed by atoms with Gasteiger partial charge in [-0.2, -0.15) is 12.6 Å². The third-order valence-corrected chi connectivity index (χ3v) is 3.16. The zero-order valence-corrected chi connectivity index (χ0v) is 12.3. The first-order valence-electron chi connectivity index (χ1n) is 6.06. The third-order valence-electron chi connectivity index (χ3n) is 2.93. The Balaban J connectivity index is 3.05. The highest BCUT2D eigenvalue weighted by atomic mass is 32.1. The molecule has 0 spiro atoms. The molecule has 0 bridgehead atoms. The Morgan fingerprint density at radius 2 is 2.11 bits per heavy atom. The number of benzene rings is 1. The number of anilines is 1. The lowest BCUT2D eigenvalue weighted by atomic mass is 10.0. The van der Waals surface area contributed by atoms with Gasteiger partial charge in [-0.25, -0.2) is 0 Å². The maximum atomic E-state index is 11.9. The Kier molecular flexibility index (Phi) is 5.54. The zero-order chi connectivity index (χ0) is 13.7. The largest absolute Gasteiger partial charge is 0.495 e. The minimum atomic E-state index is 0.0422. The predicted octanol–water partition coefficient (Wildman–Crippen LogP) is 3.10. The van der Waals surface area contributed by atoms with E-state index in [1.165, 1.54) is 5.56 Å². The van der Waals surface area contributed by atoms with Crippen molar-refractivity contribution in [3.63, 3.8) is 0 Å². The molecule has 1 amide bonds.